The van der Waals surface area contributed by atoms with Gasteiger partial charge in [0.1, 0.15) is 0 Å². The summed E-state index contributed by atoms with van der Waals surface area (Å²) in [7, 11) is -1.29. The Bertz CT molecular complexity index is 737. The maximum absolute atomic E-state index is 12.7. The molecule has 0 fully saturated rings. The van der Waals surface area contributed by atoms with Gasteiger partial charge >= 0.3 is 0 Å². The summed E-state index contributed by atoms with van der Waals surface area (Å²) in [5, 5.41) is 0.951. The van der Waals surface area contributed by atoms with Crippen molar-refractivity contribution in [3.63, 3.8) is 0 Å². The Hall–Kier alpha value is -1.98. The Kier molecular flexibility index (Phi) is 3.15. The number of nitrogens with two attached hydrogens (primary N) is 1. The summed E-state index contributed by atoms with van der Waals surface area (Å²) >= 11 is 0. The predicted molar refractivity (Wildman–Crippen MR) is 75.9 cm³/mol. The second-order valence-electron chi connectivity index (χ2n) is 4.13. The lowest BCUT2D eigenvalue weighted by Crippen LogP contribution is -2.11. The van der Waals surface area contributed by atoms with Crippen LogP contribution in [0.1, 0.15) is 5.69 Å². The lowest BCUT2D eigenvalue weighted by Gasteiger charge is -2.08. The first-order valence-corrected chi connectivity index (χ1v) is 7.03. The van der Waals surface area contributed by atoms with Gasteiger partial charge in [0, 0.05) is 30.0 Å². The van der Waals surface area contributed by atoms with Gasteiger partial charge < -0.3 is 5.73 Å². The van der Waals surface area contributed by atoms with Gasteiger partial charge in [-0.15, -0.1) is 0 Å². The number of nitrogens with zero attached hydrogens (tertiary/aromatic N) is 2. The summed E-state index contributed by atoms with van der Waals surface area (Å²) in [4.78, 5) is 4.84. The molecule has 4 nitrogen and oxygen atoms in total. The summed E-state index contributed by atoms with van der Waals surface area (Å²) in [6, 6.07) is 13.2. The number of hydrogen-bond donors (Lipinski definition) is 1. The van der Waals surface area contributed by atoms with Crippen LogP contribution in [0.15, 0.2) is 59.8 Å². The third-order valence-corrected chi connectivity index (χ3v) is 4.39. The first-order valence-electron chi connectivity index (χ1n) is 5.93. The summed E-state index contributed by atoms with van der Waals surface area (Å²) in [6.07, 6.45) is 3.45. The van der Waals surface area contributed by atoms with Gasteiger partial charge in [-0.2, -0.15) is 0 Å². The van der Waals surface area contributed by atoms with E-state index in [0.29, 0.717) is 6.54 Å². The Labute approximate surface area is 113 Å². The maximum Gasteiger partial charge on any atom is 0.157 e. The van der Waals surface area contributed by atoms with Gasteiger partial charge in [-0.3, -0.25) is 8.96 Å². The molecule has 0 aliphatic heterocycles. The van der Waals surface area contributed by atoms with E-state index in [9.17, 15) is 4.21 Å². The highest BCUT2D eigenvalue weighted by atomic mass is 32.2. The zero-order chi connectivity index (χ0) is 13.2. The molecule has 0 saturated carbocycles. The van der Waals surface area contributed by atoms with Crippen LogP contribution < -0.4 is 5.73 Å². The average Bonchev–Trinajstić information content (AvgIpc) is 2.86. The van der Waals surface area contributed by atoms with Gasteiger partial charge in [0.15, 0.2) is 11.0 Å². The Balaban J connectivity index is 2.21. The fourth-order valence-electron chi connectivity index (χ4n) is 2.07. The standard InChI is InChI=1S/C14H13N3OS/c15-9-12-8-11-10-16-7-6-14(11)17(12)19(18)13-4-2-1-3-5-13/h1-8,10H,9,15H2. The summed E-state index contributed by atoms with van der Waals surface area (Å²) < 4.78 is 14.5. The first-order chi connectivity index (χ1) is 9.31. The largest absolute Gasteiger partial charge is 0.325 e. The van der Waals surface area contributed by atoms with E-state index < -0.39 is 11.0 Å². The Morgan fingerprint density at radius 1 is 1.21 bits per heavy atom. The molecule has 3 rings (SSSR count). The van der Waals surface area contributed by atoms with Crippen molar-refractivity contribution in [1.82, 2.24) is 8.96 Å². The zero-order valence-electron chi connectivity index (χ0n) is 10.2. The molecule has 3 aromatic rings. The first kappa shape index (κ1) is 12.1. The summed E-state index contributed by atoms with van der Waals surface area (Å²) in [6.45, 7) is 0.341. The Morgan fingerprint density at radius 2 is 2.00 bits per heavy atom. The summed E-state index contributed by atoms with van der Waals surface area (Å²) in [5.41, 5.74) is 7.48. The minimum Gasteiger partial charge on any atom is -0.325 e. The number of fused-ring (bicyclic) bond motifs is 1. The van der Waals surface area contributed by atoms with E-state index in [-0.39, 0.29) is 0 Å². The minimum absolute atomic E-state index is 0.341. The minimum atomic E-state index is -1.29. The highest BCUT2D eigenvalue weighted by molar-refractivity contribution is 7.83. The lowest BCUT2D eigenvalue weighted by atomic mass is 10.3. The normalized spacial score (nSPS) is 12.7. The monoisotopic (exact) mass is 271 g/mol. The fraction of sp³-hybridized carbons (Fsp3) is 0.0714. The number of aromatic nitrogens is 2. The van der Waals surface area contributed by atoms with E-state index in [0.717, 1.165) is 21.5 Å². The second kappa shape index (κ2) is 4.95. The van der Waals surface area contributed by atoms with Crippen LogP contribution >= 0.6 is 0 Å². The van der Waals surface area contributed by atoms with Crippen LogP contribution in [0, 0.1) is 0 Å². The Morgan fingerprint density at radius 3 is 2.74 bits per heavy atom. The van der Waals surface area contributed by atoms with Gasteiger partial charge in [0.05, 0.1) is 10.4 Å². The highest BCUT2D eigenvalue weighted by Gasteiger charge is 2.14. The molecule has 1 aromatic carbocycles. The maximum atomic E-state index is 12.7. The number of pyridine rings is 1. The number of benzene rings is 1. The molecule has 0 saturated heterocycles. The van der Waals surface area contributed by atoms with Gasteiger partial charge in [-0.1, -0.05) is 18.2 Å². The van der Waals surface area contributed by atoms with Crippen LogP contribution in [0.2, 0.25) is 0 Å². The van der Waals surface area contributed by atoms with E-state index in [1.54, 1.807) is 16.4 Å². The molecule has 0 aliphatic carbocycles. The van der Waals surface area contributed by atoms with Crippen LogP contribution in [0.25, 0.3) is 10.9 Å². The molecule has 2 N–H and O–H groups in total. The van der Waals surface area contributed by atoms with Crippen LogP contribution in [-0.4, -0.2) is 13.2 Å². The van der Waals surface area contributed by atoms with Crippen LogP contribution in [0.3, 0.4) is 0 Å². The van der Waals surface area contributed by atoms with Crippen molar-refractivity contribution in [3.05, 3.63) is 60.6 Å². The molecule has 2 heterocycles. The molecule has 1 atom stereocenters. The molecule has 5 heteroatoms. The second-order valence-corrected chi connectivity index (χ2v) is 5.47. The van der Waals surface area contributed by atoms with Crippen molar-refractivity contribution < 1.29 is 4.21 Å². The van der Waals surface area contributed by atoms with Crippen molar-refractivity contribution >= 4 is 21.9 Å². The van der Waals surface area contributed by atoms with Crippen molar-refractivity contribution in [2.45, 2.75) is 11.4 Å². The van der Waals surface area contributed by atoms with Crippen molar-refractivity contribution in [3.8, 4) is 0 Å². The van der Waals surface area contributed by atoms with Gasteiger partial charge in [-0.25, -0.2) is 4.21 Å². The predicted octanol–water partition coefficient (Wildman–Crippen LogP) is 2.07. The molecule has 1 unspecified atom stereocenters. The average molecular weight is 271 g/mol. The van der Waals surface area contributed by atoms with E-state index in [4.69, 9.17) is 5.73 Å². The van der Waals surface area contributed by atoms with Gasteiger partial charge in [-0.05, 0) is 24.3 Å². The third-order valence-electron chi connectivity index (χ3n) is 2.95. The van der Waals surface area contributed by atoms with E-state index in [2.05, 4.69) is 4.98 Å². The molecule has 19 heavy (non-hydrogen) atoms. The fourth-order valence-corrected chi connectivity index (χ4v) is 3.35. The van der Waals surface area contributed by atoms with Crippen LogP contribution in [0.5, 0.6) is 0 Å². The summed E-state index contributed by atoms with van der Waals surface area (Å²) in [5.74, 6) is 0. The molecule has 0 spiro atoms. The van der Waals surface area contributed by atoms with E-state index >= 15 is 0 Å². The molecule has 0 bridgehead atoms. The van der Waals surface area contributed by atoms with Crippen LogP contribution in [-0.2, 0) is 17.5 Å². The molecule has 96 valence electrons. The third kappa shape index (κ3) is 2.07. The zero-order valence-corrected chi connectivity index (χ0v) is 11.0. The molecule has 0 aliphatic rings. The molecular weight excluding hydrogens is 258 g/mol. The van der Waals surface area contributed by atoms with Crippen molar-refractivity contribution in [1.29, 1.82) is 0 Å². The SMILES string of the molecule is NCc1cc2cnccc2n1S(=O)c1ccccc1. The smallest absolute Gasteiger partial charge is 0.157 e. The topological polar surface area (TPSA) is 60.9 Å². The van der Waals surface area contributed by atoms with Crippen molar-refractivity contribution in [2.24, 2.45) is 5.73 Å². The molecule has 0 amide bonds. The number of rotatable bonds is 3. The highest BCUT2D eigenvalue weighted by Crippen LogP contribution is 2.22. The van der Waals surface area contributed by atoms with E-state index in [1.807, 2.05) is 42.5 Å². The van der Waals surface area contributed by atoms with Crippen molar-refractivity contribution in [2.75, 3.05) is 0 Å². The van der Waals surface area contributed by atoms with Gasteiger partial charge in [0.25, 0.3) is 0 Å². The molecule has 0 radical (unpaired) electrons. The van der Waals surface area contributed by atoms with Crippen LogP contribution in [0.4, 0.5) is 0 Å². The lowest BCUT2D eigenvalue weighted by molar-refractivity contribution is 0.676. The molecular formula is C14H13N3OS. The van der Waals surface area contributed by atoms with E-state index in [1.165, 1.54) is 0 Å². The van der Waals surface area contributed by atoms with Gasteiger partial charge in [0.2, 0.25) is 0 Å². The number of hydrogen-bond acceptors (Lipinski definition) is 3. The quantitative estimate of drug-likeness (QED) is 0.793. The molecule has 2 aromatic heterocycles.